The maximum absolute atomic E-state index is 12.9. The molecule has 1 N–H and O–H groups in total. The number of amides is 1. The summed E-state index contributed by atoms with van der Waals surface area (Å²) in [5.41, 5.74) is -0.322. The number of aryl methyl sites for hydroxylation is 1. The Morgan fingerprint density at radius 1 is 1.24 bits per heavy atom. The van der Waals surface area contributed by atoms with Crippen LogP contribution in [0.15, 0.2) is 28.8 Å². The van der Waals surface area contributed by atoms with Crippen molar-refractivity contribution in [2.24, 2.45) is 0 Å². The smallest absolute Gasteiger partial charge is 0.338 e. The number of nitrogens with zero attached hydrogens (tertiary/aromatic N) is 1. The van der Waals surface area contributed by atoms with Crippen LogP contribution in [0.1, 0.15) is 16.1 Å². The molecule has 0 saturated carbocycles. The third-order valence-corrected chi connectivity index (χ3v) is 2.33. The van der Waals surface area contributed by atoms with Crippen LogP contribution in [-0.2, 0) is 9.53 Å². The van der Waals surface area contributed by atoms with Gasteiger partial charge in [-0.2, -0.15) is 0 Å². The Balaban J connectivity index is 1.90. The van der Waals surface area contributed by atoms with Gasteiger partial charge in [0.1, 0.15) is 17.4 Å². The minimum Gasteiger partial charge on any atom is -0.452 e. The van der Waals surface area contributed by atoms with E-state index in [1.807, 2.05) is 0 Å². The number of rotatable bonds is 4. The van der Waals surface area contributed by atoms with Gasteiger partial charge in [-0.25, -0.2) is 13.6 Å². The van der Waals surface area contributed by atoms with E-state index in [1.165, 1.54) is 6.07 Å². The molecule has 0 atom stereocenters. The summed E-state index contributed by atoms with van der Waals surface area (Å²) >= 11 is 0. The number of hydrogen-bond donors (Lipinski definition) is 1. The number of aromatic nitrogens is 1. The Labute approximate surface area is 117 Å². The second kappa shape index (κ2) is 6.12. The van der Waals surface area contributed by atoms with Crippen LogP contribution in [0.2, 0.25) is 0 Å². The highest BCUT2D eigenvalue weighted by Gasteiger charge is 2.13. The second-order valence-electron chi connectivity index (χ2n) is 4.11. The van der Waals surface area contributed by atoms with Crippen LogP contribution in [0.25, 0.3) is 0 Å². The Morgan fingerprint density at radius 2 is 1.90 bits per heavy atom. The summed E-state index contributed by atoms with van der Waals surface area (Å²) < 4.78 is 35.2. The van der Waals surface area contributed by atoms with E-state index in [1.54, 1.807) is 6.92 Å². The Hall–Kier alpha value is -2.77. The lowest BCUT2D eigenvalue weighted by Gasteiger charge is -2.04. The van der Waals surface area contributed by atoms with Gasteiger partial charge in [0.05, 0.1) is 5.56 Å². The molecule has 2 aromatic rings. The van der Waals surface area contributed by atoms with Gasteiger partial charge in [0.25, 0.3) is 5.91 Å². The van der Waals surface area contributed by atoms with E-state index < -0.39 is 30.1 Å². The van der Waals surface area contributed by atoms with Gasteiger partial charge in [0.15, 0.2) is 12.4 Å². The van der Waals surface area contributed by atoms with Crippen LogP contribution in [-0.4, -0.2) is 23.6 Å². The van der Waals surface area contributed by atoms with Crippen molar-refractivity contribution in [1.82, 2.24) is 5.16 Å². The van der Waals surface area contributed by atoms with Crippen LogP contribution in [0, 0.1) is 18.6 Å². The van der Waals surface area contributed by atoms with E-state index in [2.05, 4.69) is 15.2 Å². The zero-order valence-electron chi connectivity index (χ0n) is 10.9. The van der Waals surface area contributed by atoms with Gasteiger partial charge in [-0.05, 0) is 19.1 Å². The summed E-state index contributed by atoms with van der Waals surface area (Å²) in [6, 6.07) is 3.71. The molecule has 1 aromatic heterocycles. The topological polar surface area (TPSA) is 81.4 Å². The largest absolute Gasteiger partial charge is 0.452 e. The molecule has 1 heterocycles. The molecule has 0 spiro atoms. The second-order valence-corrected chi connectivity index (χ2v) is 4.11. The fourth-order valence-electron chi connectivity index (χ4n) is 1.49. The van der Waals surface area contributed by atoms with E-state index >= 15 is 0 Å². The number of anilines is 1. The zero-order chi connectivity index (χ0) is 15.4. The molecular weight excluding hydrogens is 286 g/mol. The fraction of sp³-hybridized carbons (Fsp3) is 0.154. The molecule has 21 heavy (non-hydrogen) atoms. The molecule has 0 aliphatic rings. The number of hydrogen-bond acceptors (Lipinski definition) is 5. The van der Waals surface area contributed by atoms with E-state index in [-0.39, 0.29) is 11.4 Å². The number of esters is 1. The molecule has 0 aliphatic carbocycles. The lowest BCUT2D eigenvalue weighted by Crippen LogP contribution is -2.21. The number of benzene rings is 1. The van der Waals surface area contributed by atoms with Crippen molar-refractivity contribution < 1.29 is 27.6 Å². The summed E-state index contributed by atoms with van der Waals surface area (Å²) in [6.07, 6.45) is 0. The third kappa shape index (κ3) is 4.10. The predicted molar refractivity (Wildman–Crippen MR) is 66.5 cm³/mol. The molecule has 0 aliphatic heterocycles. The highest BCUT2D eigenvalue weighted by Crippen LogP contribution is 2.10. The molecule has 0 radical (unpaired) electrons. The highest BCUT2D eigenvalue weighted by atomic mass is 19.1. The summed E-state index contributed by atoms with van der Waals surface area (Å²) in [6.45, 7) is 1.02. The van der Waals surface area contributed by atoms with Crippen LogP contribution in [0.3, 0.4) is 0 Å². The number of ether oxygens (including phenoxy) is 1. The van der Waals surface area contributed by atoms with Gasteiger partial charge in [-0.3, -0.25) is 4.79 Å². The van der Waals surface area contributed by atoms with Gasteiger partial charge in [-0.15, -0.1) is 0 Å². The maximum Gasteiger partial charge on any atom is 0.338 e. The van der Waals surface area contributed by atoms with E-state index in [0.29, 0.717) is 11.8 Å². The van der Waals surface area contributed by atoms with Crippen LogP contribution in [0.4, 0.5) is 14.6 Å². The Morgan fingerprint density at radius 3 is 2.48 bits per heavy atom. The van der Waals surface area contributed by atoms with E-state index in [4.69, 9.17) is 4.52 Å². The fourth-order valence-corrected chi connectivity index (χ4v) is 1.49. The van der Waals surface area contributed by atoms with Gasteiger partial charge in [-0.1, -0.05) is 5.16 Å². The van der Waals surface area contributed by atoms with Crippen molar-refractivity contribution in [2.45, 2.75) is 6.92 Å². The van der Waals surface area contributed by atoms with Crippen molar-refractivity contribution in [3.63, 3.8) is 0 Å². The number of halogens is 2. The van der Waals surface area contributed by atoms with Gasteiger partial charge in [0, 0.05) is 12.1 Å². The first-order valence-corrected chi connectivity index (χ1v) is 5.80. The van der Waals surface area contributed by atoms with Crippen molar-refractivity contribution in [1.29, 1.82) is 0 Å². The summed E-state index contributed by atoms with van der Waals surface area (Å²) in [5.74, 6) is -2.83. The number of carbonyl (C=O) groups excluding carboxylic acids is 2. The molecule has 0 fully saturated rings. The molecule has 1 amide bonds. The first-order chi connectivity index (χ1) is 9.94. The van der Waals surface area contributed by atoms with Crippen molar-refractivity contribution in [3.8, 4) is 0 Å². The summed E-state index contributed by atoms with van der Waals surface area (Å²) in [7, 11) is 0. The van der Waals surface area contributed by atoms with Crippen molar-refractivity contribution >= 4 is 17.7 Å². The Bertz CT molecular complexity index is 664. The Kier molecular flexibility index (Phi) is 4.27. The molecule has 110 valence electrons. The van der Waals surface area contributed by atoms with Crippen LogP contribution < -0.4 is 5.32 Å². The first kappa shape index (κ1) is 14.6. The van der Waals surface area contributed by atoms with Crippen molar-refractivity contribution in [2.75, 3.05) is 11.9 Å². The average Bonchev–Trinajstić information content (AvgIpc) is 2.80. The van der Waals surface area contributed by atoms with Gasteiger partial charge >= 0.3 is 5.97 Å². The molecule has 8 heteroatoms. The third-order valence-electron chi connectivity index (χ3n) is 2.33. The molecule has 0 bridgehead atoms. The number of nitrogens with one attached hydrogen (secondary N) is 1. The first-order valence-electron chi connectivity index (χ1n) is 5.80. The van der Waals surface area contributed by atoms with Crippen LogP contribution in [0.5, 0.6) is 0 Å². The van der Waals surface area contributed by atoms with Crippen molar-refractivity contribution in [3.05, 3.63) is 47.2 Å². The standard InChI is InChI=1S/C13H10F2N2O4/c1-7-2-11(17-21-7)16-12(18)6-20-13(19)8-3-9(14)5-10(15)4-8/h2-5H,6H2,1H3,(H,16,17,18). The summed E-state index contributed by atoms with van der Waals surface area (Å²) in [5, 5.41) is 5.84. The number of carbonyl (C=O) groups is 2. The zero-order valence-corrected chi connectivity index (χ0v) is 10.9. The normalized spacial score (nSPS) is 10.2. The predicted octanol–water partition coefficient (Wildman–Crippen LogP) is 2.06. The molecule has 2 rings (SSSR count). The quantitative estimate of drug-likeness (QED) is 0.873. The minimum atomic E-state index is -1.01. The molecule has 1 aromatic carbocycles. The lowest BCUT2D eigenvalue weighted by molar-refractivity contribution is -0.119. The maximum atomic E-state index is 12.9. The van der Waals surface area contributed by atoms with Gasteiger partial charge < -0.3 is 14.6 Å². The molecular formula is C13H10F2N2O4. The van der Waals surface area contributed by atoms with E-state index in [9.17, 15) is 18.4 Å². The minimum absolute atomic E-state index is 0.172. The average molecular weight is 296 g/mol. The van der Waals surface area contributed by atoms with Gasteiger partial charge in [0.2, 0.25) is 0 Å². The highest BCUT2D eigenvalue weighted by molar-refractivity contribution is 5.94. The molecule has 0 saturated heterocycles. The van der Waals surface area contributed by atoms with E-state index in [0.717, 1.165) is 12.1 Å². The van der Waals surface area contributed by atoms with Crippen LogP contribution >= 0.6 is 0 Å². The molecule has 6 nitrogen and oxygen atoms in total. The monoisotopic (exact) mass is 296 g/mol. The molecule has 0 unspecified atom stereocenters. The SMILES string of the molecule is Cc1cc(NC(=O)COC(=O)c2cc(F)cc(F)c2)no1. The lowest BCUT2D eigenvalue weighted by atomic mass is 10.2. The summed E-state index contributed by atoms with van der Waals surface area (Å²) in [4.78, 5) is 23.0.